The number of H-pyrrole nitrogens is 1. The van der Waals surface area contributed by atoms with Gasteiger partial charge in [0.2, 0.25) is 0 Å². The van der Waals surface area contributed by atoms with E-state index < -0.39 is 5.69 Å². The standard InChI is InChI=1S/C22H21N5O2/c1-13-7-6-8-15-11-18(14(2)25-20-17(23)12-24-22(29)26-20)27(21(28)19(13)15)16-9-4-3-5-10-16/h3-12,14H,23H2,1-2H3,(H2,24,25,26,29). The maximum atomic E-state index is 13.5. The number of rotatable bonds is 4. The molecule has 0 saturated carbocycles. The normalized spacial score (nSPS) is 12.1. The van der Waals surface area contributed by atoms with E-state index in [1.165, 1.54) is 6.20 Å². The fraction of sp³-hybridized carbons (Fsp3) is 0.136. The number of hydrogen-bond acceptors (Lipinski definition) is 5. The molecule has 29 heavy (non-hydrogen) atoms. The summed E-state index contributed by atoms with van der Waals surface area (Å²) in [5, 5.41) is 4.75. The van der Waals surface area contributed by atoms with Gasteiger partial charge in [-0.2, -0.15) is 4.98 Å². The summed E-state index contributed by atoms with van der Waals surface area (Å²) < 4.78 is 1.70. The molecule has 146 valence electrons. The fourth-order valence-corrected chi connectivity index (χ4v) is 3.53. The zero-order chi connectivity index (χ0) is 20.5. The summed E-state index contributed by atoms with van der Waals surface area (Å²) in [6.07, 6.45) is 1.31. The highest BCUT2D eigenvalue weighted by Crippen LogP contribution is 2.25. The van der Waals surface area contributed by atoms with E-state index in [1.807, 2.05) is 68.4 Å². The Hall–Kier alpha value is -3.87. The van der Waals surface area contributed by atoms with Gasteiger partial charge in [-0.1, -0.05) is 36.4 Å². The number of nitrogens with one attached hydrogen (secondary N) is 2. The van der Waals surface area contributed by atoms with Crippen LogP contribution in [0.15, 0.2) is 70.4 Å². The van der Waals surface area contributed by atoms with Crippen molar-refractivity contribution in [2.45, 2.75) is 19.9 Å². The van der Waals surface area contributed by atoms with Gasteiger partial charge < -0.3 is 11.1 Å². The summed E-state index contributed by atoms with van der Waals surface area (Å²) in [6.45, 7) is 3.84. The van der Waals surface area contributed by atoms with Gasteiger partial charge in [-0.15, -0.1) is 0 Å². The number of hydrogen-bond donors (Lipinski definition) is 3. The van der Waals surface area contributed by atoms with Crippen LogP contribution < -0.4 is 22.3 Å². The van der Waals surface area contributed by atoms with E-state index in [0.29, 0.717) is 16.9 Å². The molecule has 4 aromatic rings. The monoisotopic (exact) mass is 387 g/mol. The summed E-state index contributed by atoms with van der Waals surface area (Å²) in [7, 11) is 0. The van der Waals surface area contributed by atoms with Gasteiger partial charge in [0.15, 0.2) is 0 Å². The number of nitrogens with zero attached hydrogens (tertiary/aromatic N) is 2. The number of aryl methyl sites for hydroxylation is 1. The number of benzene rings is 2. The molecule has 0 fully saturated rings. The molecule has 4 N–H and O–H groups in total. The molecule has 0 aliphatic rings. The Morgan fingerprint density at radius 2 is 1.86 bits per heavy atom. The lowest BCUT2D eigenvalue weighted by atomic mass is 10.0. The molecule has 1 unspecified atom stereocenters. The van der Waals surface area contributed by atoms with Crippen LogP contribution in [0.2, 0.25) is 0 Å². The molecule has 0 aliphatic carbocycles. The molecule has 0 saturated heterocycles. The van der Waals surface area contributed by atoms with Crippen LogP contribution in [0, 0.1) is 6.92 Å². The highest BCUT2D eigenvalue weighted by Gasteiger charge is 2.18. The van der Waals surface area contributed by atoms with Crippen LogP contribution in [-0.2, 0) is 0 Å². The number of pyridine rings is 1. The maximum absolute atomic E-state index is 13.5. The molecular weight excluding hydrogens is 366 g/mol. The topological polar surface area (TPSA) is 106 Å². The summed E-state index contributed by atoms with van der Waals surface area (Å²) in [5.41, 5.74) is 8.11. The molecule has 7 heteroatoms. The zero-order valence-corrected chi connectivity index (χ0v) is 16.1. The third-order valence-electron chi connectivity index (χ3n) is 4.94. The van der Waals surface area contributed by atoms with Crippen molar-refractivity contribution in [3.05, 3.63) is 92.9 Å². The van der Waals surface area contributed by atoms with Gasteiger partial charge in [0.25, 0.3) is 5.56 Å². The molecule has 0 spiro atoms. The summed E-state index contributed by atoms with van der Waals surface area (Å²) in [5.74, 6) is 0.369. The van der Waals surface area contributed by atoms with Crippen molar-refractivity contribution in [3.63, 3.8) is 0 Å². The van der Waals surface area contributed by atoms with Crippen molar-refractivity contribution in [1.82, 2.24) is 14.5 Å². The maximum Gasteiger partial charge on any atom is 0.346 e. The minimum Gasteiger partial charge on any atom is -0.395 e. The summed E-state index contributed by atoms with van der Waals surface area (Å²) >= 11 is 0. The molecular formula is C22H21N5O2. The smallest absolute Gasteiger partial charge is 0.346 e. The van der Waals surface area contributed by atoms with Gasteiger partial charge in [0.1, 0.15) is 5.82 Å². The number of para-hydroxylation sites is 1. The molecule has 0 radical (unpaired) electrons. The van der Waals surface area contributed by atoms with Crippen molar-refractivity contribution in [1.29, 1.82) is 0 Å². The first-order valence-electron chi connectivity index (χ1n) is 9.27. The van der Waals surface area contributed by atoms with Gasteiger partial charge in [-0.05, 0) is 43.0 Å². The minimum atomic E-state index is -0.497. The first kappa shape index (κ1) is 18.5. The number of nitrogen functional groups attached to an aromatic ring is 1. The second-order valence-electron chi connectivity index (χ2n) is 6.97. The van der Waals surface area contributed by atoms with Gasteiger partial charge in [-0.3, -0.25) is 14.3 Å². The van der Waals surface area contributed by atoms with Crippen molar-refractivity contribution >= 4 is 22.3 Å². The van der Waals surface area contributed by atoms with Crippen LogP contribution in [-0.4, -0.2) is 14.5 Å². The number of fused-ring (bicyclic) bond motifs is 1. The Labute approximate surface area is 166 Å². The van der Waals surface area contributed by atoms with E-state index >= 15 is 0 Å². The largest absolute Gasteiger partial charge is 0.395 e. The summed E-state index contributed by atoms with van der Waals surface area (Å²) in [6, 6.07) is 16.9. The highest BCUT2D eigenvalue weighted by molar-refractivity contribution is 5.85. The lowest BCUT2D eigenvalue weighted by molar-refractivity contribution is 0.772. The van der Waals surface area contributed by atoms with E-state index in [0.717, 1.165) is 22.3 Å². The minimum absolute atomic E-state index is 0.0911. The predicted octanol–water partition coefficient (Wildman–Crippen LogP) is 3.14. The van der Waals surface area contributed by atoms with Crippen LogP contribution in [0.5, 0.6) is 0 Å². The van der Waals surface area contributed by atoms with Crippen LogP contribution in [0.25, 0.3) is 16.5 Å². The van der Waals surface area contributed by atoms with E-state index in [4.69, 9.17) is 5.73 Å². The van der Waals surface area contributed by atoms with Gasteiger partial charge in [0, 0.05) is 11.4 Å². The molecule has 7 nitrogen and oxygen atoms in total. The van der Waals surface area contributed by atoms with Crippen LogP contribution in [0.4, 0.5) is 11.5 Å². The quantitative estimate of drug-likeness (QED) is 0.499. The Balaban J connectivity index is 1.94. The van der Waals surface area contributed by atoms with E-state index in [-0.39, 0.29) is 11.6 Å². The Morgan fingerprint density at radius 1 is 1.10 bits per heavy atom. The number of aromatic nitrogens is 3. The first-order valence-corrected chi connectivity index (χ1v) is 9.27. The van der Waals surface area contributed by atoms with E-state index in [2.05, 4.69) is 15.3 Å². The summed E-state index contributed by atoms with van der Waals surface area (Å²) in [4.78, 5) is 31.3. The van der Waals surface area contributed by atoms with Crippen molar-refractivity contribution in [2.75, 3.05) is 11.1 Å². The van der Waals surface area contributed by atoms with Gasteiger partial charge in [-0.25, -0.2) is 4.79 Å². The number of anilines is 2. The zero-order valence-electron chi connectivity index (χ0n) is 16.1. The second kappa shape index (κ2) is 7.27. The van der Waals surface area contributed by atoms with Crippen LogP contribution in [0.1, 0.15) is 24.2 Å². The molecule has 4 rings (SSSR count). The van der Waals surface area contributed by atoms with Gasteiger partial charge in [0.05, 0.1) is 23.3 Å². The number of aromatic amines is 1. The molecule has 1 atom stereocenters. The molecule has 0 bridgehead atoms. The molecule has 2 aromatic heterocycles. The predicted molar refractivity (Wildman–Crippen MR) is 116 cm³/mol. The SMILES string of the molecule is Cc1cccc2cc(C(C)Nc3[nH]c(=O)ncc3N)n(-c3ccccc3)c(=O)c12. The lowest BCUT2D eigenvalue weighted by Gasteiger charge is -2.22. The molecule has 2 heterocycles. The molecule has 2 aromatic carbocycles. The van der Waals surface area contributed by atoms with Crippen molar-refractivity contribution in [2.24, 2.45) is 0 Å². The fourth-order valence-electron chi connectivity index (χ4n) is 3.53. The molecule has 0 aliphatic heterocycles. The average Bonchev–Trinajstić information content (AvgIpc) is 2.71. The third kappa shape index (κ3) is 3.38. The van der Waals surface area contributed by atoms with Crippen LogP contribution in [0.3, 0.4) is 0 Å². The number of nitrogens with two attached hydrogens (primary N) is 1. The average molecular weight is 387 g/mol. The second-order valence-corrected chi connectivity index (χ2v) is 6.97. The van der Waals surface area contributed by atoms with Crippen molar-refractivity contribution in [3.8, 4) is 5.69 Å². The van der Waals surface area contributed by atoms with E-state index in [9.17, 15) is 9.59 Å². The Bertz CT molecular complexity index is 1310. The van der Waals surface area contributed by atoms with E-state index in [1.54, 1.807) is 4.57 Å². The van der Waals surface area contributed by atoms with Gasteiger partial charge >= 0.3 is 5.69 Å². The third-order valence-corrected chi connectivity index (χ3v) is 4.94. The molecule has 0 amide bonds. The lowest BCUT2D eigenvalue weighted by Crippen LogP contribution is -2.26. The van der Waals surface area contributed by atoms with Crippen molar-refractivity contribution < 1.29 is 0 Å². The van der Waals surface area contributed by atoms with Crippen LogP contribution >= 0.6 is 0 Å². The first-order chi connectivity index (χ1) is 14.0. The Kier molecular flexibility index (Phi) is 4.64. The highest BCUT2D eigenvalue weighted by atomic mass is 16.1. The Morgan fingerprint density at radius 3 is 2.62 bits per heavy atom.